The van der Waals surface area contributed by atoms with Gasteiger partial charge in [-0.05, 0) is 95.2 Å². The summed E-state index contributed by atoms with van der Waals surface area (Å²) in [6.45, 7) is 9.91. The maximum Gasteiger partial charge on any atom is 0.410 e. The molecular weight excluding hydrogens is 544 g/mol. The number of hydrogen-bond donors (Lipinski definition) is 1. The molecule has 1 aliphatic rings. The van der Waals surface area contributed by atoms with E-state index >= 15 is 0 Å². The maximum atomic E-state index is 13.3. The van der Waals surface area contributed by atoms with E-state index in [0.717, 1.165) is 39.6 Å². The van der Waals surface area contributed by atoms with Crippen LogP contribution in [0.4, 0.5) is 9.59 Å². The Morgan fingerprint density at radius 2 is 1.74 bits per heavy atom. The molecule has 0 saturated carbocycles. The molecule has 0 radical (unpaired) electrons. The molecule has 2 aromatic heterocycles. The summed E-state index contributed by atoms with van der Waals surface area (Å²) in [6, 6.07) is 15.1. The van der Waals surface area contributed by atoms with Crippen LogP contribution in [-0.4, -0.2) is 50.8 Å². The molecule has 2 aromatic carbocycles. The van der Waals surface area contributed by atoms with Gasteiger partial charge in [0, 0.05) is 29.9 Å². The van der Waals surface area contributed by atoms with E-state index in [0.29, 0.717) is 25.8 Å². The highest BCUT2D eigenvalue weighted by Gasteiger charge is 2.39. The molecule has 226 valence electrons. The standard InChI is InChI=1S/C34H40N4O5/c1-33(2,3)43-32(40)38-16-9-12-28(29(38)23-10-7-6-8-11-23)37-31(39)42-34(4,5)15-13-24-18-26(27-20-35-22-36-21-27)19-25-14-17-41-30(24)25/h6-8,10-11,14,17-22,28-29H,9,12-13,15-16H2,1-5H3,(H,37,39). The number of furan rings is 1. The third kappa shape index (κ3) is 7.52. The quantitative estimate of drug-likeness (QED) is 0.240. The summed E-state index contributed by atoms with van der Waals surface area (Å²) in [7, 11) is 0. The zero-order valence-electron chi connectivity index (χ0n) is 25.5. The number of fused-ring (bicyclic) bond motifs is 1. The first-order valence-electron chi connectivity index (χ1n) is 14.8. The molecular formula is C34H40N4O5. The van der Waals surface area contributed by atoms with E-state index in [1.807, 2.05) is 71.0 Å². The minimum atomic E-state index is -0.767. The van der Waals surface area contributed by atoms with E-state index in [2.05, 4.69) is 27.4 Å². The zero-order valence-corrected chi connectivity index (χ0v) is 25.5. The molecule has 5 rings (SSSR count). The topological polar surface area (TPSA) is 107 Å². The maximum absolute atomic E-state index is 13.3. The van der Waals surface area contributed by atoms with E-state index in [-0.39, 0.29) is 12.1 Å². The van der Waals surface area contributed by atoms with E-state index in [4.69, 9.17) is 13.9 Å². The Morgan fingerprint density at radius 1 is 1.00 bits per heavy atom. The van der Waals surface area contributed by atoms with Crippen LogP contribution in [-0.2, 0) is 15.9 Å². The zero-order chi connectivity index (χ0) is 30.6. The van der Waals surface area contributed by atoms with Crippen molar-refractivity contribution < 1.29 is 23.5 Å². The van der Waals surface area contributed by atoms with Crippen molar-refractivity contribution in [3.8, 4) is 11.1 Å². The summed E-state index contributed by atoms with van der Waals surface area (Å²) in [5.41, 5.74) is 3.29. The lowest BCUT2D eigenvalue weighted by molar-refractivity contribution is -0.000882. The van der Waals surface area contributed by atoms with Crippen LogP contribution in [0.3, 0.4) is 0 Å². The van der Waals surface area contributed by atoms with Crippen molar-refractivity contribution in [2.45, 2.75) is 83.6 Å². The number of benzene rings is 2. The van der Waals surface area contributed by atoms with Gasteiger partial charge in [-0.1, -0.05) is 30.3 Å². The lowest BCUT2D eigenvalue weighted by Crippen LogP contribution is -2.53. The number of carbonyl (C=O) groups excluding carboxylic acids is 2. The lowest BCUT2D eigenvalue weighted by Gasteiger charge is -2.42. The summed E-state index contributed by atoms with van der Waals surface area (Å²) in [5, 5.41) is 4.07. The van der Waals surface area contributed by atoms with Crippen molar-refractivity contribution in [3.63, 3.8) is 0 Å². The fourth-order valence-corrected chi connectivity index (χ4v) is 5.61. The summed E-state index contributed by atoms with van der Waals surface area (Å²) in [4.78, 5) is 36.6. The number of carbonyl (C=O) groups is 2. The number of ether oxygens (including phenoxy) is 2. The van der Waals surface area contributed by atoms with Gasteiger partial charge in [0.15, 0.2) is 0 Å². The van der Waals surface area contributed by atoms with E-state index in [1.54, 1.807) is 23.6 Å². The number of aromatic nitrogens is 2. The van der Waals surface area contributed by atoms with Crippen LogP contribution in [0.1, 0.15) is 71.0 Å². The van der Waals surface area contributed by atoms with Gasteiger partial charge < -0.3 is 19.2 Å². The van der Waals surface area contributed by atoms with E-state index in [1.165, 1.54) is 6.33 Å². The molecule has 9 heteroatoms. The average molecular weight is 585 g/mol. The van der Waals surface area contributed by atoms with Crippen LogP contribution in [0, 0.1) is 0 Å². The molecule has 0 spiro atoms. The van der Waals surface area contributed by atoms with E-state index in [9.17, 15) is 9.59 Å². The first-order valence-corrected chi connectivity index (χ1v) is 14.8. The Balaban J connectivity index is 1.28. The van der Waals surface area contributed by atoms with Crippen molar-refractivity contribution in [2.75, 3.05) is 6.54 Å². The Morgan fingerprint density at radius 3 is 2.47 bits per heavy atom. The number of likely N-dealkylation sites (tertiary alicyclic amines) is 1. The second-order valence-electron chi connectivity index (χ2n) is 12.7. The Labute approximate surface area is 252 Å². The van der Waals surface area contributed by atoms with Crippen molar-refractivity contribution in [1.29, 1.82) is 0 Å². The highest BCUT2D eigenvalue weighted by molar-refractivity contribution is 5.86. The minimum absolute atomic E-state index is 0.334. The number of rotatable bonds is 7. The van der Waals surface area contributed by atoms with Crippen molar-refractivity contribution in [3.05, 3.63) is 84.6 Å². The van der Waals surface area contributed by atoms with Gasteiger partial charge in [0.2, 0.25) is 0 Å². The van der Waals surface area contributed by atoms with Gasteiger partial charge >= 0.3 is 12.2 Å². The molecule has 0 aliphatic carbocycles. The molecule has 1 N–H and O–H groups in total. The van der Waals surface area contributed by atoms with Crippen LogP contribution >= 0.6 is 0 Å². The molecule has 43 heavy (non-hydrogen) atoms. The fourth-order valence-electron chi connectivity index (χ4n) is 5.61. The van der Waals surface area contributed by atoms with Gasteiger partial charge in [-0.3, -0.25) is 4.90 Å². The molecule has 3 heterocycles. The van der Waals surface area contributed by atoms with Crippen LogP contribution in [0.25, 0.3) is 22.1 Å². The van der Waals surface area contributed by atoms with Gasteiger partial charge in [0.05, 0.1) is 18.3 Å². The molecule has 2 amide bonds. The number of amides is 2. The molecule has 2 unspecified atom stereocenters. The minimum Gasteiger partial charge on any atom is -0.464 e. The first-order chi connectivity index (χ1) is 20.5. The number of hydrogen-bond acceptors (Lipinski definition) is 7. The van der Waals surface area contributed by atoms with Crippen LogP contribution in [0.15, 0.2) is 77.9 Å². The van der Waals surface area contributed by atoms with E-state index < -0.39 is 23.4 Å². The van der Waals surface area contributed by atoms with Crippen molar-refractivity contribution >= 4 is 23.2 Å². The summed E-state index contributed by atoms with van der Waals surface area (Å²) >= 11 is 0. The Hall–Kier alpha value is -4.40. The molecule has 4 aromatic rings. The molecule has 1 fully saturated rings. The molecule has 1 saturated heterocycles. The third-order valence-electron chi connectivity index (χ3n) is 7.59. The first kappa shape index (κ1) is 30.1. The van der Waals surface area contributed by atoms with Gasteiger partial charge in [-0.25, -0.2) is 19.6 Å². The van der Waals surface area contributed by atoms with Crippen LogP contribution in [0.5, 0.6) is 0 Å². The largest absolute Gasteiger partial charge is 0.464 e. The summed E-state index contributed by atoms with van der Waals surface area (Å²) < 4.78 is 17.5. The fraction of sp³-hybridized carbons (Fsp3) is 0.412. The molecule has 0 bridgehead atoms. The number of aryl methyl sites for hydroxylation is 1. The number of alkyl carbamates (subject to hydrolysis) is 1. The average Bonchev–Trinajstić information content (AvgIpc) is 3.44. The molecule has 1 aliphatic heterocycles. The van der Waals surface area contributed by atoms with Crippen LogP contribution < -0.4 is 5.32 Å². The molecule has 2 atom stereocenters. The van der Waals surface area contributed by atoms with Gasteiger partial charge in [-0.15, -0.1) is 0 Å². The normalized spacial score (nSPS) is 17.5. The second kappa shape index (κ2) is 12.5. The third-order valence-corrected chi connectivity index (χ3v) is 7.59. The Bertz CT molecular complexity index is 1550. The summed E-state index contributed by atoms with van der Waals surface area (Å²) in [5.74, 6) is 0. The monoisotopic (exact) mass is 584 g/mol. The van der Waals surface area contributed by atoms with Gasteiger partial charge in [0.25, 0.3) is 0 Å². The van der Waals surface area contributed by atoms with Gasteiger partial charge in [-0.2, -0.15) is 0 Å². The second-order valence-corrected chi connectivity index (χ2v) is 12.7. The van der Waals surface area contributed by atoms with Gasteiger partial charge in [0.1, 0.15) is 23.1 Å². The Kier molecular flexibility index (Phi) is 8.71. The predicted octanol–water partition coefficient (Wildman–Crippen LogP) is 7.47. The van der Waals surface area contributed by atoms with Crippen LogP contribution in [0.2, 0.25) is 0 Å². The SMILES string of the molecule is CC(C)(C)OC(=O)N1CCCC(NC(=O)OC(C)(C)CCc2cc(-c3cncnc3)cc3ccoc23)C1c1ccccc1. The smallest absolute Gasteiger partial charge is 0.410 e. The van der Waals surface area contributed by atoms with Crippen molar-refractivity contribution in [2.24, 2.45) is 0 Å². The predicted molar refractivity (Wildman–Crippen MR) is 164 cm³/mol. The summed E-state index contributed by atoms with van der Waals surface area (Å²) in [6.07, 6.45) is 8.50. The highest BCUT2D eigenvalue weighted by Crippen LogP contribution is 2.34. The molecule has 9 nitrogen and oxygen atoms in total. The lowest BCUT2D eigenvalue weighted by atomic mass is 9.90. The van der Waals surface area contributed by atoms with Crippen molar-refractivity contribution in [1.82, 2.24) is 20.2 Å². The number of piperidine rings is 1. The number of nitrogens with zero attached hydrogens (tertiary/aromatic N) is 3. The highest BCUT2D eigenvalue weighted by atomic mass is 16.6. The number of nitrogens with one attached hydrogen (secondary N) is 1.